The predicted octanol–water partition coefficient (Wildman–Crippen LogP) is 4.81. The highest BCUT2D eigenvalue weighted by molar-refractivity contribution is 7.89. The van der Waals surface area contributed by atoms with E-state index in [9.17, 15) is 22.0 Å². The summed E-state index contributed by atoms with van der Waals surface area (Å²) in [5.74, 6) is -1.17. The zero-order valence-electron chi connectivity index (χ0n) is 19.0. The number of nitrogens with zero attached hydrogens (tertiary/aromatic N) is 2. The van der Waals surface area contributed by atoms with Gasteiger partial charge in [-0.2, -0.15) is 0 Å². The first kappa shape index (κ1) is 23.8. The molecule has 2 atom stereocenters. The molecule has 3 aromatic rings. The standard InChI is InChI=1S/C25H25F2N3O3S/c1-16-13-23(28-20-10-7-18(26)8-11-20)22-15-19(27)9-12-24(22)30(16)25(31)17-5-4-6-21(14-17)34(32,33)29(2)3/h4-12,14-16,23,28H,13H2,1-3H3/t16-,23+/m1/s1. The van der Waals surface area contributed by atoms with Crippen molar-refractivity contribution in [3.05, 3.63) is 89.5 Å². The summed E-state index contributed by atoms with van der Waals surface area (Å²) in [6, 6.07) is 15.4. The third-order valence-corrected chi connectivity index (χ3v) is 7.72. The summed E-state index contributed by atoms with van der Waals surface area (Å²) in [5, 5.41) is 3.31. The molecule has 178 valence electrons. The lowest BCUT2D eigenvalue weighted by Crippen LogP contribution is -2.44. The van der Waals surface area contributed by atoms with Gasteiger partial charge in [-0.15, -0.1) is 0 Å². The molecule has 1 heterocycles. The Morgan fingerprint density at radius 1 is 1.00 bits per heavy atom. The van der Waals surface area contributed by atoms with Gasteiger partial charge < -0.3 is 10.2 Å². The number of benzene rings is 3. The summed E-state index contributed by atoms with van der Waals surface area (Å²) in [6.45, 7) is 1.88. The van der Waals surface area contributed by atoms with Gasteiger partial charge in [0, 0.05) is 42.6 Å². The van der Waals surface area contributed by atoms with Crippen LogP contribution in [0.1, 0.15) is 35.3 Å². The number of fused-ring (bicyclic) bond motifs is 1. The van der Waals surface area contributed by atoms with E-state index in [1.54, 1.807) is 29.2 Å². The van der Waals surface area contributed by atoms with Crippen LogP contribution < -0.4 is 10.2 Å². The Labute approximate surface area is 197 Å². The summed E-state index contributed by atoms with van der Waals surface area (Å²) in [6.07, 6.45) is 0.468. The van der Waals surface area contributed by atoms with Crippen LogP contribution in [0.4, 0.5) is 20.2 Å². The molecule has 4 rings (SSSR count). The Kier molecular flexibility index (Phi) is 6.42. The summed E-state index contributed by atoms with van der Waals surface area (Å²) in [4.78, 5) is 15.2. The van der Waals surface area contributed by atoms with E-state index in [4.69, 9.17) is 0 Å². The highest BCUT2D eigenvalue weighted by Crippen LogP contribution is 2.40. The monoisotopic (exact) mass is 485 g/mol. The molecule has 0 fully saturated rings. The van der Waals surface area contributed by atoms with E-state index in [0.29, 0.717) is 23.4 Å². The van der Waals surface area contributed by atoms with E-state index >= 15 is 0 Å². The first-order valence-electron chi connectivity index (χ1n) is 10.8. The fourth-order valence-corrected chi connectivity index (χ4v) is 5.12. The zero-order chi connectivity index (χ0) is 24.6. The van der Waals surface area contributed by atoms with Crippen molar-refractivity contribution in [3.8, 4) is 0 Å². The number of rotatable bonds is 5. The number of carbonyl (C=O) groups excluding carboxylic acids is 1. The number of sulfonamides is 1. The number of amides is 1. The molecule has 0 bridgehead atoms. The summed E-state index contributed by atoms with van der Waals surface area (Å²) >= 11 is 0. The van der Waals surface area contributed by atoms with Gasteiger partial charge in [0.1, 0.15) is 11.6 Å². The summed E-state index contributed by atoms with van der Waals surface area (Å²) in [7, 11) is -0.861. The van der Waals surface area contributed by atoms with Crippen molar-refractivity contribution >= 4 is 27.3 Å². The van der Waals surface area contributed by atoms with Gasteiger partial charge in [-0.1, -0.05) is 6.07 Å². The van der Waals surface area contributed by atoms with Crippen LogP contribution in [0.25, 0.3) is 0 Å². The number of nitrogens with one attached hydrogen (secondary N) is 1. The van der Waals surface area contributed by atoms with Crippen LogP contribution in [0.15, 0.2) is 71.6 Å². The Morgan fingerprint density at radius 3 is 2.35 bits per heavy atom. The number of hydrogen-bond donors (Lipinski definition) is 1. The second-order valence-electron chi connectivity index (χ2n) is 8.48. The van der Waals surface area contributed by atoms with Crippen molar-refractivity contribution in [2.75, 3.05) is 24.3 Å². The molecule has 1 N–H and O–H groups in total. The fourth-order valence-electron chi connectivity index (χ4n) is 4.17. The van der Waals surface area contributed by atoms with Crippen molar-refractivity contribution < 1.29 is 22.0 Å². The van der Waals surface area contributed by atoms with Gasteiger partial charge in [0.25, 0.3) is 5.91 Å². The normalized spacial score (nSPS) is 18.0. The van der Waals surface area contributed by atoms with E-state index in [1.165, 1.54) is 56.6 Å². The lowest BCUT2D eigenvalue weighted by atomic mass is 9.90. The number of anilines is 2. The van der Waals surface area contributed by atoms with Crippen LogP contribution in [0, 0.1) is 11.6 Å². The van der Waals surface area contributed by atoms with Crippen molar-refractivity contribution in [2.45, 2.75) is 30.3 Å². The molecule has 0 saturated heterocycles. The van der Waals surface area contributed by atoms with Gasteiger partial charge in [0.15, 0.2) is 0 Å². The first-order valence-corrected chi connectivity index (χ1v) is 12.2. The third kappa shape index (κ3) is 4.53. The molecule has 0 radical (unpaired) electrons. The molecule has 0 aliphatic carbocycles. The Bertz CT molecular complexity index is 1330. The molecule has 1 amide bonds. The quantitative estimate of drug-likeness (QED) is 0.563. The molecule has 0 spiro atoms. The van der Waals surface area contributed by atoms with Crippen molar-refractivity contribution in [1.82, 2.24) is 4.31 Å². The van der Waals surface area contributed by atoms with Gasteiger partial charge in [0.05, 0.1) is 10.9 Å². The lowest BCUT2D eigenvalue weighted by molar-refractivity contribution is 0.0974. The van der Waals surface area contributed by atoms with Gasteiger partial charge in [0.2, 0.25) is 10.0 Å². The van der Waals surface area contributed by atoms with E-state index in [-0.39, 0.29) is 34.3 Å². The van der Waals surface area contributed by atoms with Crippen LogP contribution in [0.3, 0.4) is 0 Å². The van der Waals surface area contributed by atoms with Crippen LogP contribution >= 0.6 is 0 Å². The van der Waals surface area contributed by atoms with E-state index < -0.39 is 15.8 Å². The average molecular weight is 486 g/mol. The van der Waals surface area contributed by atoms with Crippen LogP contribution in [-0.4, -0.2) is 38.8 Å². The van der Waals surface area contributed by atoms with Crippen LogP contribution in [-0.2, 0) is 10.0 Å². The second-order valence-corrected chi connectivity index (χ2v) is 10.6. The summed E-state index contributed by atoms with van der Waals surface area (Å²) in [5.41, 5.74) is 2.02. The molecule has 1 aliphatic heterocycles. The second kappa shape index (κ2) is 9.15. The van der Waals surface area contributed by atoms with E-state index in [1.807, 2.05) is 6.92 Å². The Balaban J connectivity index is 1.71. The topological polar surface area (TPSA) is 69.7 Å². The van der Waals surface area contributed by atoms with Crippen molar-refractivity contribution in [1.29, 1.82) is 0 Å². The van der Waals surface area contributed by atoms with Crippen molar-refractivity contribution in [3.63, 3.8) is 0 Å². The molecule has 34 heavy (non-hydrogen) atoms. The number of carbonyl (C=O) groups is 1. The zero-order valence-corrected chi connectivity index (χ0v) is 19.8. The molecule has 3 aromatic carbocycles. The minimum Gasteiger partial charge on any atom is -0.378 e. The third-order valence-electron chi connectivity index (χ3n) is 5.91. The van der Waals surface area contributed by atoms with Crippen LogP contribution in [0.5, 0.6) is 0 Å². The maximum atomic E-state index is 14.2. The fraction of sp³-hybridized carbons (Fsp3) is 0.240. The lowest BCUT2D eigenvalue weighted by Gasteiger charge is -2.40. The average Bonchev–Trinajstić information content (AvgIpc) is 2.80. The van der Waals surface area contributed by atoms with Gasteiger partial charge >= 0.3 is 0 Å². The number of hydrogen-bond acceptors (Lipinski definition) is 4. The van der Waals surface area contributed by atoms with Gasteiger partial charge in [-0.25, -0.2) is 21.5 Å². The minimum absolute atomic E-state index is 0.0168. The SMILES string of the molecule is C[C@@H]1C[C@H](Nc2ccc(F)cc2)c2cc(F)ccc2N1C(=O)c1cccc(S(=O)(=O)N(C)C)c1. The molecule has 0 aromatic heterocycles. The van der Waals surface area contributed by atoms with Crippen molar-refractivity contribution in [2.24, 2.45) is 0 Å². The van der Waals surface area contributed by atoms with Gasteiger partial charge in [-0.3, -0.25) is 4.79 Å². The molecule has 9 heteroatoms. The van der Waals surface area contributed by atoms with Gasteiger partial charge in [-0.05, 0) is 74.0 Å². The molecule has 1 aliphatic rings. The smallest absolute Gasteiger partial charge is 0.258 e. The molecular weight excluding hydrogens is 460 g/mol. The first-order chi connectivity index (χ1) is 16.1. The largest absolute Gasteiger partial charge is 0.378 e. The highest BCUT2D eigenvalue weighted by Gasteiger charge is 2.35. The molecule has 0 saturated carbocycles. The maximum Gasteiger partial charge on any atom is 0.258 e. The minimum atomic E-state index is -3.71. The molecule has 0 unspecified atom stereocenters. The van der Waals surface area contributed by atoms with E-state index in [0.717, 1.165) is 4.31 Å². The Morgan fingerprint density at radius 2 is 1.68 bits per heavy atom. The predicted molar refractivity (Wildman–Crippen MR) is 127 cm³/mol. The van der Waals surface area contributed by atoms with E-state index in [2.05, 4.69) is 5.32 Å². The highest BCUT2D eigenvalue weighted by atomic mass is 32.2. The number of halogens is 2. The molecule has 6 nitrogen and oxygen atoms in total. The molecular formula is C25H25F2N3O3S. The van der Waals surface area contributed by atoms with Crippen LogP contribution in [0.2, 0.25) is 0 Å². The Hall–Kier alpha value is -3.30. The summed E-state index contributed by atoms with van der Waals surface area (Å²) < 4.78 is 53.7. The maximum absolute atomic E-state index is 14.2.